The summed E-state index contributed by atoms with van der Waals surface area (Å²) in [5.41, 5.74) is 1.23. The molecule has 2 aromatic heterocycles. The largest absolute Gasteiger partial charge is 0.367 e. The number of fused-ring (bicyclic) bond motifs is 1. The molecule has 4 rings (SSSR count). The third kappa shape index (κ3) is 2.75. The van der Waals surface area contributed by atoms with E-state index in [1.54, 1.807) is 17.7 Å². The van der Waals surface area contributed by atoms with Crippen molar-refractivity contribution in [2.75, 3.05) is 32.0 Å². The Kier molecular flexibility index (Phi) is 4.14. The molecule has 2 aliphatic heterocycles. The van der Waals surface area contributed by atoms with Crippen molar-refractivity contribution in [1.29, 1.82) is 0 Å². The molecule has 0 aliphatic carbocycles. The van der Waals surface area contributed by atoms with Gasteiger partial charge in [-0.05, 0) is 37.1 Å². The zero-order valence-electron chi connectivity index (χ0n) is 14.2. The van der Waals surface area contributed by atoms with Gasteiger partial charge in [0.15, 0.2) is 0 Å². The van der Waals surface area contributed by atoms with Crippen LogP contribution in [0.4, 0.5) is 5.82 Å². The second kappa shape index (κ2) is 6.29. The number of aromatic nitrogens is 2. The normalized spacial score (nSPS) is 23.3. The maximum absolute atomic E-state index is 12.2. The van der Waals surface area contributed by atoms with Crippen LogP contribution in [0.1, 0.15) is 24.8 Å². The van der Waals surface area contributed by atoms with E-state index in [2.05, 4.69) is 32.5 Å². The lowest BCUT2D eigenvalue weighted by Gasteiger charge is -2.35. The van der Waals surface area contributed by atoms with Crippen LogP contribution < -0.4 is 5.32 Å². The predicted molar refractivity (Wildman–Crippen MR) is 96.4 cm³/mol. The van der Waals surface area contributed by atoms with Crippen molar-refractivity contribution in [2.24, 2.45) is 0 Å². The molecular formula is C17H23N5OS. The second-order valence-electron chi connectivity index (χ2n) is 6.84. The molecule has 2 saturated heterocycles. The number of likely N-dealkylation sites (tertiary alicyclic amines) is 2. The minimum atomic E-state index is 0.0980. The summed E-state index contributed by atoms with van der Waals surface area (Å²) >= 11 is 1.67. The quantitative estimate of drug-likeness (QED) is 0.923. The van der Waals surface area contributed by atoms with Gasteiger partial charge in [-0.3, -0.25) is 9.69 Å². The van der Waals surface area contributed by atoms with E-state index in [0.717, 1.165) is 54.9 Å². The van der Waals surface area contributed by atoms with Gasteiger partial charge in [0.25, 0.3) is 0 Å². The Morgan fingerprint density at radius 1 is 1.21 bits per heavy atom. The number of thiophene rings is 1. The Labute approximate surface area is 145 Å². The number of amides is 1. The van der Waals surface area contributed by atoms with Gasteiger partial charge < -0.3 is 10.2 Å². The number of nitrogens with one attached hydrogen (secondary N) is 1. The number of likely N-dealkylation sites (N-methyl/N-ethyl adjacent to an activating group) is 1. The summed E-state index contributed by atoms with van der Waals surface area (Å²) < 4.78 is 0. The third-order valence-corrected chi connectivity index (χ3v) is 6.27. The molecule has 0 aromatic carbocycles. The Morgan fingerprint density at radius 2 is 2.00 bits per heavy atom. The standard InChI is InChI=1S/C17H23N5OS/c1-11-9-24-16-14(11)15(18-10-19-16)20-12-3-7-22(8-4-12)13-5-6-21(2)17(13)23/h9-10,12-13H,3-8H2,1-2H3,(H,18,19,20). The van der Waals surface area contributed by atoms with Crippen LogP contribution in [0.25, 0.3) is 10.2 Å². The number of nitrogens with zero attached hydrogens (tertiary/aromatic N) is 4. The summed E-state index contributed by atoms with van der Waals surface area (Å²) in [5, 5.41) is 6.90. The highest BCUT2D eigenvalue weighted by atomic mass is 32.1. The van der Waals surface area contributed by atoms with Crippen LogP contribution in [0.3, 0.4) is 0 Å². The minimum Gasteiger partial charge on any atom is -0.367 e. The molecule has 0 spiro atoms. The van der Waals surface area contributed by atoms with Gasteiger partial charge in [0.2, 0.25) is 5.91 Å². The molecule has 128 valence electrons. The third-order valence-electron chi connectivity index (χ3n) is 5.26. The number of carbonyl (C=O) groups is 1. The molecule has 1 unspecified atom stereocenters. The van der Waals surface area contributed by atoms with Crippen LogP contribution in [0.2, 0.25) is 0 Å². The van der Waals surface area contributed by atoms with Crippen LogP contribution in [0, 0.1) is 6.92 Å². The fourth-order valence-corrected chi connectivity index (χ4v) is 4.71. The maximum Gasteiger partial charge on any atom is 0.239 e. The van der Waals surface area contributed by atoms with Crippen molar-refractivity contribution < 1.29 is 4.79 Å². The molecule has 24 heavy (non-hydrogen) atoms. The fraction of sp³-hybridized carbons (Fsp3) is 0.588. The second-order valence-corrected chi connectivity index (χ2v) is 7.70. The Bertz CT molecular complexity index is 753. The molecule has 2 aliphatic rings. The molecule has 2 fully saturated rings. The molecule has 1 N–H and O–H groups in total. The first kappa shape index (κ1) is 15.8. The SMILES string of the molecule is Cc1csc2ncnc(NC3CCN(C4CCN(C)C4=O)CC3)c12. The van der Waals surface area contributed by atoms with Gasteiger partial charge in [0.1, 0.15) is 17.0 Å². The van der Waals surface area contributed by atoms with Crippen LogP contribution in [-0.2, 0) is 4.79 Å². The maximum atomic E-state index is 12.2. The van der Waals surface area contributed by atoms with E-state index in [9.17, 15) is 4.79 Å². The van der Waals surface area contributed by atoms with Crippen molar-refractivity contribution in [3.8, 4) is 0 Å². The summed E-state index contributed by atoms with van der Waals surface area (Å²) in [6, 6.07) is 0.508. The zero-order valence-corrected chi connectivity index (χ0v) is 15.0. The van der Waals surface area contributed by atoms with E-state index in [4.69, 9.17) is 0 Å². The van der Waals surface area contributed by atoms with Crippen LogP contribution >= 0.6 is 11.3 Å². The van der Waals surface area contributed by atoms with Crippen molar-refractivity contribution in [3.05, 3.63) is 17.3 Å². The topological polar surface area (TPSA) is 61.4 Å². The first-order valence-electron chi connectivity index (χ1n) is 8.58. The molecule has 4 heterocycles. The first-order chi connectivity index (χ1) is 11.6. The van der Waals surface area contributed by atoms with Crippen LogP contribution in [-0.4, -0.2) is 64.4 Å². The lowest BCUT2D eigenvalue weighted by atomic mass is 10.0. The summed E-state index contributed by atoms with van der Waals surface area (Å²) in [5.74, 6) is 1.24. The number of rotatable bonds is 3. The van der Waals surface area contributed by atoms with Crippen molar-refractivity contribution in [1.82, 2.24) is 19.8 Å². The predicted octanol–water partition coefficient (Wildman–Crippen LogP) is 2.11. The summed E-state index contributed by atoms with van der Waals surface area (Å²) in [6.07, 6.45) is 4.70. The Balaban J connectivity index is 1.41. The number of hydrogen-bond donors (Lipinski definition) is 1. The number of hydrogen-bond acceptors (Lipinski definition) is 6. The number of piperidine rings is 1. The number of carbonyl (C=O) groups excluding carboxylic acids is 1. The zero-order chi connectivity index (χ0) is 16.7. The average Bonchev–Trinajstić information content (AvgIpc) is 3.13. The highest BCUT2D eigenvalue weighted by Crippen LogP contribution is 2.30. The molecular weight excluding hydrogens is 322 g/mol. The van der Waals surface area contributed by atoms with E-state index in [1.165, 1.54) is 5.56 Å². The average molecular weight is 345 g/mol. The summed E-state index contributed by atoms with van der Waals surface area (Å²) in [6.45, 7) is 4.94. The molecule has 0 saturated carbocycles. The van der Waals surface area contributed by atoms with Gasteiger partial charge in [0.05, 0.1) is 11.4 Å². The van der Waals surface area contributed by atoms with Crippen molar-refractivity contribution in [2.45, 2.75) is 38.3 Å². The highest BCUT2D eigenvalue weighted by Gasteiger charge is 2.35. The monoisotopic (exact) mass is 345 g/mol. The molecule has 2 aromatic rings. The Morgan fingerprint density at radius 3 is 2.71 bits per heavy atom. The molecule has 0 bridgehead atoms. The lowest BCUT2D eigenvalue weighted by Crippen LogP contribution is -2.47. The van der Waals surface area contributed by atoms with Gasteiger partial charge in [-0.15, -0.1) is 11.3 Å². The van der Waals surface area contributed by atoms with E-state index < -0.39 is 0 Å². The van der Waals surface area contributed by atoms with Gasteiger partial charge >= 0.3 is 0 Å². The molecule has 6 nitrogen and oxygen atoms in total. The molecule has 7 heteroatoms. The molecule has 1 atom stereocenters. The van der Waals surface area contributed by atoms with Crippen LogP contribution in [0.15, 0.2) is 11.7 Å². The van der Waals surface area contributed by atoms with Gasteiger partial charge in [0, 0.05) is 32.7 Å². The van der Waals surface area contributed by atoms with Gasteiger partial charge in [-0.1, -0.05) is 0 Å². The van der Waals surface area contributed by atoms with Crippen LogP contribution in [0.5, 0.6) is 0 Å². The number of anilines is 1. The van der Waals surface area contributed by atoms with E-state index in [-0.39, 0.29) is 11.9 Å². The highest BCUT2D eigenvalue weighted by molar-refractivity contribution is 7.17. The van der Waals surface area contributed by atoms with Crippen molar-refractivity contribution >= 4 is 33.3 Å². The molecule has 1 amide bonds. The first-order valence-corrected chi connectivity index (χ1v) is 9.46. The fourth-order valence-electron chi connectivity index (χ4n) is 3.82. The Hall–Kier alpha value is -1.73. The summed E-state index contributed by atoms with van der Waals surface area (Å²) in [4.78, 5) is 26.3. The summed E-state index contributed by atoms with van der Waals surface area (Å²) in [7, 11) is 1.90. The lowest BCUT2D eigenvalue weighted by molar-refractivity contribution is -0.131. The smallest absolute Gasteiger partial charge is 0.239 e. The van der Waals surface area contributed by atoms with E-state index in [1.807, 2.05) is 11.9 Å². The number of aryl methyl sites for hydroxylation is 1. The van der Waals surface area contributed by atoms with Gasteiger partial charge in [-0.2, -0.15) is 0 Å². The van der Waals surface area contributed by atoms with Gasteiger partial charge in [-0.25, -0.2) is 9.97 Å². The van der Waals surface area contributed by atoms with Crippen molar-refractivity contribution in [3.63, 3.8) is 0 Å². The van der Waals surface area contributed by atoms with E-state index >= 15 is 0 Å². The minimum absolute atomic E-state index is 0.0980. The molecule has 0 radical (unpaired) electrons. The van der Waals surface area contributed by atoms with E-state index in [0.29, 0.717) is 6.04 Å².